The van der Waals surface area contributed by atoms with Crippen LogP contribution in [-0.4, -0.2) is 31.9 Å². The topological polar surface area (TPSA) is 63.1 Å². The predicted octanol–water partition coefficient (Wildman–Crippen LogP) is 4.12. The Hall–Kier alpha value is -2.22. The second-order valence-electron chi connectivity index (χ2n) is 6.70. The summed E-state index contributed by atoms with van der Waals surface area (Å²) in [6.07, 6.45) is 6.08. The minimum absolute atomic E-state index is 0.199. The quantitative estimate of drug-likeness (QED) is 0.698. The number of rotatable bonds is 5. The molecule has 1 aliphatic rings. The lowest BCUT2D eigenvalue weighted by Gasteiger charge is -2.21. The van der Waals surface area contributed by atoms with Gasteiger partial charge in [-0.05, 0) is 37.6 Å². The molecular weight excluding hydrogens is 382 g/mol. The first kappa shape index (κ1) is 18.2. The third-order valence-electron chi connectivity index (χ3n) is 4.66. The Bertz CT molecular complexity index is 953. The van der Waals surface area contributed by atoms with E-state index in [0.29, 0.717) is 15.7 Å². The number of likely N-dealkylation sites (tertiary alicyclic amines) is 1. The molecule has 140 valence electrons. The van der Waals surface area contributed by atoms with Gasteiger partial charge >= 0.3 is 0 Å². The minimum Gasteiger partial charge on any atom is -0.340 e. The van der Waals surface area contributed by atoms with Crippen LogP contribution in [0.4, 0.5) is 5.13 Å². The van der Waals surface area contributed by atoms with Crippen molar-refractivity contribution in [3.63, 3.8) is 0 Å². The number of amides is 1. The maximum absolute atomic E-state index is 12.4. The number of aryl methyl sites for hydroxylation is 1. The van der Waals surface area contributed by atoms with Gasteiger partial charge in [0.1, 0.15) is 0 Å². The van der Waals surface area contributed by atoms with Gasteiger partial charge in [-0.2, -0.15) is 0 Å². The zero-order chi connectivity index (χ0) is 18.8. The molecule has 1 atom stereocenters. The summed E-state index contributed by atoms with van der Waals surface area (Å²) in [6, 6.07) is 7.16. The number of benzene rings is 1. The smallest absolute Gasteiger partial charge is 0.257 e. The van der Waals surface area contributed by atoms with Gasteiger partial charge in [0, 0.05) is 35.8 Å². The number of anilines is 1. The van der Waals surface area contributed by atoms with Crippen molar-refractivity contribution in [2.24, 2.45) is 7.05 Å². The van der Waals surface area contributed by atoms with E-state index in [0.717, 1.165) is 37.3 Å². The first-order valence-electron chi connectivity index (χ1n) is 8.82. The molecule has 0 spiro atoms. The van der Waals surface area contributed by atoms with Crippen LogP contribution in [-0.2, 0) is 13.6 Å². The third kappa shape index (κ3) is 4.21. The molecule has 0 aliphatic carbocycles. The van der Waals surface area contributed by atoms with E-state index in [9.17, 15) is 4.79 Å². The van der Waals surface area contributed by atoms with Crippen molar-refractivity contribution >= 4 is 34.0 Å². The summed E-state index contributed by atoms with van der Waals surface area (Å²) in [5.41, 5.74) is 2.60. The Balaban J connectivity index is 1.44. The maximum Gasteiger partial charge on any atom is 0.257 e. The Kier molecular flexibility index (Phi) is 5.24. The number of halogens is 1. The Morgan fingerprint density at radius 2 is 2.33 bits per heavy atom. The predicted molar refractivity (Wildman–Crippen MR) is 107 cm³/mol. The molecule has 1 aliphatic heterocycles. The Morgan fingerprint density at radius 1 is 1.44 bits per heavy atom. The van der Waals surface area contributed by atoms with Crippen molar-refractivity contribution in [1.29, 1.82) is 0 Å². The maximum atomic E-state index is 12.4. The van der Waals surface area contributed by atoms with E-state index >= 15 is 0 Å². The molecule has 6 nitrogen and oxygen atoms in total. The standard InChI is InChI=1S/C19H20ClN5OS/c1-24-9-15(21-12-24)10-25-7-3-6-17(25)16-11-27-19(22-16)23-18(26)13-4-2-5-14(20)8-13/h2,4-5,8-9,11-12,17H,3,6-7,10H2,1H3,(H,22,23,26). The monoisotopic (exact) mass is 401 g/mol. The average Bonchev–Trinajstić information content (AvgIpc) is 3.37. The largest absolute Gasteiger partial charge is 0.340 e. The highest BCUT2D eigenvalue weighted by Crippen LogP contribution is 2.34. The van der Waals surface area contributed by atoms with Crippen molar-refractivity contribution < 1.29 is 4.79 Å². The van der Waals surface area contributed by atoms with E-state index in [1.165, 1.54) is 11.3 Å². The van der Waals surface area contributed by atoms with Crippen molar-refractivity contribution in [2.45, 2.75) is 25.4 Å². The summed E-state index contributed by atoms with van der Waals surface area (Å²) in [6.45, 7) is 1.84. The Labute approximate surface area is 166 Å². The number of aromatic nitrogens is 3. The molecule has 1 saturated heterocycles. The van der Waals surface area contributed by atoms with Crippen LogP contribution >= 0.6 is 22.9 Å². The highest BCUT2D eigenvalue weighted by Gasteiger charge is 2.28. The van der Waals surface area contributed by atoms with E-state index < -0.39 is 0 Å². The van der Waals surface area contributed by atoms with Crippen LogP contribution in [0.5, 0.6) is 0 Å². The van der Waals surface area contributed by atoms with Gasteiger partial charge in [-0.15, -0.1) is 11.3 Å². The molecule has 4 rings (SSSR count). The summed E-state index contributed by atoms with van der Waals surface area (Å²) < 4.78 is 1.97. The van der Waals surface area contributed by atoms with E-state index in [2.05, 4.69) is 20.2 Å². The van der Waals surface area contributed by atoms with Crippen LogP contribution in [0.2, 0.25) is 5.02 Å². The van der Waals surface area contributed by atoms with Crippen LogP contribution in [0.15, 0.2) is 42.2 Å². The Morgan fingerprint density at radius 3 is 3.11 bits per heavy atom. The SMILES string of the molecule is Cn1cnc(CN2CCCC2c2csc(NC(=O)c3cccc(Cl)c3)n2)c1. The molecule has 0 radical (unpaired) electrons. The number of hydrogen-bond donors (Lipinski definition) is 1. The van der Waals surface area contributed by atoms with Crippen LogP contribution < -0.4 is 5.32 Å². The lowest BCUT2D eigenvalue weighted by molar-refractivity contribution is 0.102. The number of thiazole rings is 1. The molecule has 8 heteroatoms. The highest BCUT2D eigenvalue weighted by molar-refractivity contribution is 7.14. The zero-order valence-corrected chi connectivity index (χ0v) is 16.5. The van der Waals surface area contributed by atoms with Crippen molar-refractivity contribution in [3.8, 4) is 0 Å². The van der Waals surface area contributed by atoms with E-state index in [1.54, 1.807) is 24.3 Å². The molecule has 0 bridgehead atoms. The molecule has 27 heavy (non-hydrogen) atoms. The molecule has 1 unspecified atom stereocenters. The van der Waals surface area contributed by atoms with Crippen molar-refractivity contribution in [3.05, 3.63) is 64.1 Å². The van der Waals surface area contributed by atoms with Crippen LogP contribution in [0.1, 0.15) is 40.6 Å². The number of nitrogens with zero attached hydrogens (tertiary/aromatic N) is 4. The van der Waals surface area contributed by atoms with Crippen molar-refractivity contribution in [1.82, 2.24) is 19.4 Å². The van der Waals surface area contributed by atoms with Crippen LogP contribution in [0.3, 0.4) is 0 Å². The fraction of sp³-hybridized carbons (Fsp3) is 0.316. The van der Waals surface area contributed by atoms with Gasteiger partial charge in [0.15, 0.2) is 5.13 Å². The fourth-order valence-electron chi connectivity index (χ4n) is 3.40. The number of carbonyl (C=O) groups is 1. The van der Waals surface area contributed by atoms with E-state index in [1.807, 2.05) is 29.5 Å². The van der Waals surface area contributed by atoms with Gasteiger partial charge in [-0.1, -0.05) is 17.7 Å². The molecule has 1 amide bonds. The summed E-state index contributed by atoms with van der Waals surface area (Å²) in [5.74, 6) is -0.199. The fourth-order valence-corrected chi connectivity index (χ4v) is 4.34. The van der Waals surface area contributed by atoms with E-state index in [4.69, 9.17) is 11.6 Å². The summed E-state index contributed by atoms with van der Waals surface area (Å²) >= 11 is 7.41. The average molecular weight is 402 g/mol. The van der Waals surface area contributed by atoms with Gasteiger partial charge in [0.2, 0.25) is 0 Å². The van der Waals surface area contributed by atoms with Gasteiger partial charge in [0.25, 0.3) is 5.91 Å². The molecule has 2 aromatic heterocycles. The number of nitrogens with one attached hydrogen (secondary N) is 1. The van der Waals surface area contributed by atoms with Gasteiger partial charge in [-0.25, -0.2) is 9.97 Å². The molecular formula is C19H20ClN5OS. The van der Waals surface area contributed by atoms with Gasteiger partial charge in [0.05, 0.1) is 23.8 Å². The summed E-state index contributed by atoms with van der Waals surface area (Å²) in [7, 11) is 1.98. The second kappa shape index (κ2) is 7.80. The van der Waals surface area contributed by atoms with Crippen LogP contribution in [0, 0.1) is 0 Å². The molecule has 1 N–H and O–H groups in total. The molecule has 1 aromatic carbocycles. The second-order valence-corrected chi connectivity index (χ2v) is 8.00. The first-order valence-corrected chi connectivity index (χ1v) is 10.1. The molecule has 3 heterocycles. The number of hydrogen-bond acceptors (Lipinski definition) is 5. The van der Waals surface area contributed by atoms with Gasteiger partial charge in [-0.3, -0.25) is 15.0 Å². The third-order valence-corrected chi connectivity index (χ3v) is 5.67. The lowest BCUT2D eigenvalue weighted by atomic mass is 10.1. The highest BCUT2D eigenvalue weighted by atomic mass is 35.5. The lowest BCUT2D eigenvalue weighted by Crippen LogP contribution is -2.23. The summed E-state index contributed by atoms with van der Waals surface area (Å²) in [4.78, 5) is 23.9. The van der Waals surface area contributed by atoms with E-state index in [-0.39, 0.29) is 11.9 Å². The summed E-state index contributed by atoms with van der Waals surface area (Å²) in [5, 5.41) is 6.06. The minimum atomic E-state index is -0.199. The van der Waals surface area contributed by atoms with Gasteiger partial charge < -0.3 is 4.57 Å². The van der Waals surface area contributed by atoms with Crippen molar-refractivity contribution in [2.75, 3.05) is 11.9 Å². The molecule has 1 fully saturated rings. The molecule has 0 saturated carbocycles. The number of carbonyl (C=O) groups excluding carboxylic acids is 1. The zero-order valence-electron chi connectivity index (χ0n) is 14.9. The first-order chi connectivity index (χ1) is 13.1. The van der Waals surface area contributed by atoms with Crippen LogP contribution in [0.25, 0.3) is 0 Å². The molecule has 3 aromatic rings. The number of imidazole rings is 1. The normalized spacial score (nSPS) is 17.3.